The number of nitrogens with one attached hydrogen (secondary N) is 1. The number of aromatic nitrogens is 3. The third kappa shape index (κ3) is 5.97. The van der Waals surface area contributed by atoms with E-state index in [1.165, 1.54) is 17.7 Å². The molecular formula is C36H43FN6O5. The smallest absolute Gasteiger partial charge is 0.404 e. The van der Waals surface area contributed by atoms with E-state index in [1.54, 1.807) is 20.8 Å². The van der Waals surface area contributed by atoms with Crippen LogP contribution < -0.4 is 15.8 Å². The highest BCUT2D eigenvalue weighted by molar-refractivity contribution is 6.01. The second-order valence-corrected chi connectivity index (χ2v) is 14.6. The molecule has 1 aliphatic carbocycles. The molecule has 0 spiro atoms. The van der Waals surface area contributed by atoms with Gasteiger partial charge in [0.15, 0.2) is 11.9 Å². The Balaban J connectivity index is 1.22. The summed E-state index contributed by atoms with van der Waals surface area (Å²) in [5.74, 6) is 1.72. The van der Waals surface area contributed by atoms with Crippen LogP contribution in [0.25, 0.3) is 33.5 Å². The number of ether oxygens (including phenoxy) is 2. The van der Waals surface area contributed by atoms with Crippen molar-refractivity contribution >= 4 is 39.8 Å². The van der Waals surface area contributed by atoms with Crippen LogP contribution in [0.4, 0.5) is 9.18 Å². The summed E-state index contributed by atoms with van der Waals surface area (Å²) in [6, 6.07) is 12.0. The fraction of sp³-hybridized carbons (Fsp3) is 0.500. The van der Waals surface area contributed by atoms with E-state index in [2.05, 4.69) is 26.6 Å². The van der Waals surface area contributed by atoms with Crippen LogP contribution in [-0.4, -0.2) is 75.4 Å². The molecule has 0 bridgehead atoms. The lowest BCUT2D eigenvalue weighted by atomic mass is 9.86. The Hall–Kier alpha value is -4.61. The van der Waals surface area contributed by atoms with Gasteiger partial charge in [0.25, 0.3) is 5.91 Å². The fourth-order valence-corrected chi connectivity index (χ4v) is 7.07. The first kappa shape index (κ1) is 32.0. The monoisotopic (exact) mass is 658 g/mol. The number of alkyl halides is 1. The van der Waals surface area contributed by atoms with Crippen molar-refractivity contribution in [2.24, 2.45) is 30.0 Å². The Labute approximate surface area is 278 Å². The second-order valence-electron chi connectivity index (χ2n) is 14.6. The molecule has 4 heterocycles. The van der Waals surface area contributed by atoms with Gasteiger partial charge in [0.2, 0.25) is 5.91 Å². The first-order chi connectivity index (χ1) is 22.9. The van der Waals surface area contributed by atoms with Crippen molar-refractivity contribution in [3.8, 4) is 17.3 Å². The minimum atomic E-state index is -1.52. The van der Waals surface area contributed by atoms with Crippen LogP contribution in [0.15, 0.2) is 36.4 Å². The van der Waals surface area contributed by atoms with Crippen LogP contribution in [0.2, 0.25) is 0 Å². The van der Waals surface area contributed by atoms with E-state index in [-0.39, 0.29) is 24.3 Å². The number of benzene rings is 2. The maximum atomic E-state index is 15.4. The summed E-state index contributed by atoms with van der Waals surface area (Å²) in [6.45, 7) is 7.24. The molecule has 2 unspecified atom stereocenters. The topological polar surface area (TPSA) is 134 Å². The molecule has 3 atom stereocenters. The summed E-state index contributed by atoms with van der Waals surface area (Å²) >= 11 is 0. The number of carbonyl (C=O) groups excluding carboxylic acids is 3. The molecule has 48 heavy (non-hydrogen) atoms. The summed E-state index contributed by atoms with van der Waals surface area (Å²) in [5, 5.41) is 3.92. The lowest BCUT2D eigenvalue weighted by Crippen LogP contribution is -2.49. The lowest BCUT2D eigenvalue weighted by molar-refractivity contribution is -0.123. The molecule has 7 rings (SSSR count). The van der Waals surface area contributed by atoms with Crippen molar-refractivity contribution in [1.82, 2.24) is 24.3 Å². The Morgan fingerprint density at radius 1 is 1.17 bits per heavy atom. The van der Waals surface area contributed by atoms with Gasteiger partial charge in [-0.3, -0.25) is 9.59 Å². The molecule has 11 nitrogen and oxygen atoms in total. The van der Waals surface area contributed by atoms with E-state index >= 15 is 4.39 Å². The number of nitrogens with two attached hydrogens (primary N) is 1. The zero-order valence-electron chi connectivity index (χ0n) is 27.9. The van der Waals surface area contributed by atoms with Crippen molar-refractivity contribution in [1.29, 1.82) is 0 Å². The van der Waals surface area contributed by atoms with E-state index in [9.17, 15) is 14.4 Å². The van der Waals surface area contributed by atoms with Gasteiger partial charge < -0.3 is 34.6 Å². The molecule has 2 aliphatic heterocycles. The number of hydrogen-bond acceptors (Lipinski definition) is 6. The van der Waals surface area contributed by atoms with Crippen LogP contribution in [0.5, 0.6) is 5.75 Å². The Morgan fingerprint density at radius 2 is 1.96 bits per heavy atom. The number of amides is 3. The standard InChI is InChI=1S/C36H43FN6O5/c1-36(2,3)31(37)29(48-35(38)46)18-42-13-11-21-14-26-25(16-24(21)34(42)45)40-32(41(26)4)27-15-22-6-5-7-28(30(22)43(27)17-20-8-9-20)47-19-23-10-12-39-33(23)44/h5-7,14-16,20,23,29,31H,8-13,17-19H2,1-4H3,(H2,38,46)(H,39,44)/t23?,29-,31?/m0/s1. The van der Waals surface area contributed by atoms with Crippen LogP contribution in [0.3, 0.4) is 0 Å². The SMILES string of the molecule is Cn1c(-c2cc3cccc(OCC4CCNC4=O)c3n2CC2CC2)nc2cc3c(cc21)CCN(C[C@H](OC(N)=O)C(F)C(C)(C)C)C3=O. The Morgan fingerprint density at radius 3 is 2.65 bits per heavy atom. The molecule has 1 saturated carbocycles. The van der Waals surface area contributed by atoms with E-state index in [1.807, 2.05) is 31.3 Å². The highest BCUT2D eigenvalue weighted by Crippen LogP contribution is 2.40. The summed E-state index contributed by atoms with van der Waals surface area (Å²) in [4.78, 5) is 44.2. The minimum absolute atomic E-state index is 0.0376. The number of para-hydroxylation sites is 1. The van der Waals surface area contributed by atoms with Crippen LogP contribution in [0.1, 0.15) is 56.0 Å². The molecule has 12 heteroatoms. The summed E-state index contributed by atoms with van der Waals surface area (Å²) in [6.07, 6.45) is -0.104. The summed E-state index contributed by atoms with van der Waals surface area (Å²) in [5.41, 5.74) is 9.39. The third-order valence-electron chi connectivity index (χ3n) is 9.95. The summed E-state index contributed by atoms with van der Waals surface area (Å²) < 4.78 is 31.2. The predicted molar refractivity (Wildman–Crippen MR) is 179 cm³/mol. The molecule has 3 N–H and O–H groups in total. The predicted octanol–water partition coefficient (Wildman–Crippen LogP) is 4.97. The van der Waals surface area contributed by atoms with E-state index in [4.69, 9.17) is 20.2 Å². The quantitative estimate of drug-likeness (QED) is 0.247. The molecule has 2 aromatic carbocycles. The summed E-state index contributed by atoms with van der Waals surface area (Å²) in [7, 11) is 1.99. The number of fused-ring (bicyclic) bond motifs is 3. The number of carbonyl (C=O) groups is 3. The molecule has 3 aliphatic rings. The Bertz CT molecular complexity index is 1920. The van der Waals surface area contributed by atoms with Crippen LogP contribution >= 0.6 is 0 Å². The molecule has 1 saturated heterocycles. The number of hydrogen-bond donors (Lipinski definition) is 2. The third-order valence-corrected chi connectivity index (χ3v) is 9.95. The van der Waals surface area contributed by atoms with Gasteiger partial charge in [0.05, 0.1) is 41.3 Å². The fourth-order valence-electron chi connectivity index (χ4n) is 7.07. The first-order valence-electron chi connectivity index (χ1n) is 16.8. The average Bonchev–Trinajstić information content (AvgIpc) is 3.52. The van der Waals surface area contributed by atoms with Crippen molar-refractivity contribution in [2.45, 2.75) is 65.3 Å². The maximum absolute atomic E-state index is 15.4. The van der Waals surface area contributed by atoms with Crippen molar-refractivity contribution < 1.29 is 28.2 Å². The zero-order valence-corrected chi connectivity index (χ0v) is 27.9. The number of aryl methyl sites for hydroxylation is 1. The molecular weight excluding hydrogens is 615 g/mol. The van der Waals surface area contributed by atoms with Crippen molar-refractivity contribution in [3.05, 3.63) is 47.5 Å². The van der Waals surface area contributed by atoms with Gasteiger partial charge in [-0.1, -0.05) is 32.9 Å². The highest BCUT2D eigenvalue weighted by atomic mass is 19.1. The van der Waals surface area contributed by atoms with E-state index < -0.39 is 23.8 Å². The average molecular weight is 659 g/mol. The number of halogens is 1. The second kappa shape index (κ2) is 12.1. The van der Waals surface area contributed by atoms with Gasteiger partial charge in [-0.2, -0.15) is 0 Å². The van der Waals surface area contributed by atoms with Crippen molar-refractivity contribution in [3.63, 3.8) is 0 Å². The Kier molecular flexibility index (Phi) is 8.07. The van der Waals surface area contributed by atoms with E-state index in [0.29, 0.717) is 43.1 Å². The number of rotatable bonds is 10. The van der Waals surface area contributed by atoms with Crippen molar-refractivity contribution in [2.75, 3.05) is 26.2 Å². The molecule has 3 amide bonds. The molecule has 254 valence electrons. The van der Waals surface area contributed by atoms with Gasteiger partial charge >= 0.3 is 6.09 Å². The van der Waals surface area contributed by atoms with E-state index in [0.717, 1.165) is 52.2 Å². The van der Waals surface area contributed by atoms with Gasteiger partial charge in [-0.25, -0.2) is 14.2 Å². The van der Waals surface area contributed by atoms with Gasteiger partial charge in [-0.15, -0.1) is 0 Å². The lowest BCUT2D eigenvalue weighted by Gasteiger charge is -2.35. The number of imidazole rings is 1. The van der Waals surface area contributed by atoms with Gasteiger partial charge in [-0.05, 0) is 66.8 Å². The van der Waals surface area contributed by atoms with Gasteiger partial charge in [0.1, 0.15) is 11.9 Å². The minimum Gasteiger partial charge on any atom is -0.491 e. The molecule has 4 aromatic rings. The maximum Gasteiger partial charge on any atom is 0.404 e. The number of nitrogens with zero attached hydrogens (tertiary/aromatic N) is 4. The largest absolute Gasteiger partial charge is 0.491 e. The normalized spacial score (nSPS) is 19.4. The highest BCUT2D eigenvalue weighted by Gasteiger charge is 2.38. The van der Waals surface area contributed by atoms with Crippen LogP contribution in [-0.2, 0) is 29.5 Å². The zero-order chi connectivity index (χ0) is 33.9. The molecule has 2 fully saturated rings. The van der Waals surface area contributed by atoms with Gasteiger partial charge in [0, 0.05) is 37.6 Å². The van der Waals surface area contributed by atoms with Crippen LogP contribution in [0, 0.1) is 17.3 Å². The first-order valence-corrected chi connectivity index (χ1v) is 16.8. The number of primary amides is 1. The molecule has 0 radical (unpaired) electrons. The molecule has 2 aromatic heterocycles.